The molecule has 0 saturated heterocycles. The monoisotopic (exact) mass is 410 g/mol. The molecular weight excluding hydrogens is 388 g/mol. The number of carbonyl (C=O) groups excluding carboxylic acids is 3. The molecule has 0 aromatic heterocycles. The molecule has 1 aliphatic rings. The second-order valence-corrected chi connectivity index (χ2v) is 7.47. The van der Waals surface area contributed by atoms with Crippen LogP contribution >= 0.6 is 11.8 Å². The zero-order valence-electron chi connectivity index (χ0n) is 16.1. The molecule has 0 unspecified atom stereocenters. The van der Waals surface area contributed by atoms with Crippen LogP contribution in [-0.2, 0) is 14.4 Å². The molecular formula is C21H22N4O3S. The fraction of sp³-hybridized carbons (Fsp3) is 0.238. The maximum Gasteiger partial charge on any atom is 0.255 e. The number of amidine groups is 1. The average molecular weight is 410 g/mol. The van der Waals surface area contributed by atoms with Gasteiger partial charge in [0.25, 0.3) is 5.91 Å². The Hall–Kier alpha value is -3.13. The maximum absolute atomic E-state index is 12.2. The van der Waals surface area contributed by atoms with E-state index in [0.717, 1.165) is 17.0 Å². The summed E-state index contributed by atoms with van der Waals surface area (Å²) in [5.74, 6) is 0.124. The number of nitrogens with one attached hydrogen (secondary N) is 2. The van der Waals surface area contributed by atoms with E-state index in [2.05, 4.69) is 15.7 Å². The first kappa shape index (κ1) is 20.6. The summed E-state index contributed by atoms with van der Waals surface area (Å²) in [5, 5.41) is 11.0. The largest absolute Gasteiger partial charge is 0.326 e. The van der Waals surface area contributed by atoms with E-state index in [-0.39, 0.29) is 29.9 Å². The number of para-hydroxylation sites is 1. The van der Waals surface area contributed by atoms with Crippen molar-refractivity contribution >= 4 is 46.7 Å². The Balaban J connectivity index is 1.49. The molecule has 8 heteroatoms. The predicted molar refractivity (Wildman–Crippen MR) is 115 cm³/mol. The van der Waals surface area contributed by atoms with E-state index in [4.69, 9.17) is 0 Å². The van der Waals surface area contributed by atoms with Gasteiger partial charge in [0, 0.05) is 17.0 Å². The van der Waals surface area contributed by atoms with E-state index in [1.54, 1.807) is 12.1 Å². The standard InChI is InChI=1S/C21H22N4O3S/c1-2-6-19(26)22-15-9-11-17(12-10-15)29-14-20(27)23-18-13-21(28)25(24-18)16-7-4-3-5-8-16/h3-5,7-12H,2,6,13-14H2,1H3,(H,22,26)(H,23,24,27). The Kier molecular flexibility index (Phi) is 7.02. The van der Waals surface area contributed by atoms with Gasteiger partial charge in [-0.3, -0.25) is 14.4 Å². The van der Waals surface area contributed by atoms with Crippen LogP contribution in [0.4, 0.5) is 11.4 Å². The molecule has 3 amide bonds. The van der Waals surface area contributed by atoms with Crippen molar-refractivity contribution in [3.05, 3.63) is 54.6 Å². The van der Waals surface area contributed by atoms with Gasteiger partial charge in [-0.25, -0.2) is 0 Å². The van der Waals surface area contributed by atoms with Crippen molar-refractivity contribution in [2.24, 2.45) is 5.10 Å². The predicted octanol–water partition coefficient (Wildman–Crippen LogP) is 3.38. The van der Waals surface area contributed by atoms with Crippen LogP contribution in [0.3, 0.4) is 0 Å². The summed E-state index contributed by atoms with van der Waals surface area (Å²) in [6.45, 7) is 1.95. The molecule has 1 heterocycles. The summed E-state index contributed by atoms with van der Waals surface area (Å²) in [4.78, 5) is 36.8. The quantitative estimate of drug-likeness (QED) is 0.685. The zero-order chi connectivity index (χ0) is 20.6. The third-order valence-corrected chi connectivity index (χ3v) is 5.06. The van der Waals surface area contributed by atoms with Crippen molar-refractivity contribution in [3.8, 4) is 0 Å². The van der Waals surface area contributed by atoms with Gasteiger partial charge in [0.15, 0.2) is 0 Å². The first-order valence-electron chi connectivity index (χ1n) is 9.33. The summed E-state index contributed by atoms with van der Waals surface area (Å²) in [7, 11) is 0. The molecule has 150 valence electrons. The van der Waals surface area contributed by atoms with Crippen LogP contribution in [0.5, 0.6) is 0 Å². The third-order valence-electron chi connectivity index (χ3n) is 4.05. The minimum absolute atomic E-state index is 0.0105. The van der Waals surface area contributed by atoms with Gasteiger partial charge in [-0.1, -0.05) is 25.1 Å². The smallest absolute Gasteiger partial charge is 0.255 e. The Morgan fingerprint density at radius 3 is 2.45 bits per heavy atom. The molecule has 0 bridgehead atoms. The number of rotatable bonds is 7. The first-order chi connectivity index (χ1) is 14.0. The summed E-state index contributed by atoms with van der Waals surface area (Å²) >= 11 is 1.37. The highest BCUT2D eigenvalue weighted by Crippen LogP contribution is 2.21. The minimum Gasteiger partial charge on any atom is -0.326 e. The minimum atomic E-state index is -0.225. The van der Waals surface area contributed by atoms with E-state index in [0.29, 0.717) is 17.9 Å². The van der Waals surface area contributed by atoms with Crippen molar-refractivity contribution in [2.45, 2.75) is 31.1 Å². The van der Waals surface area contributed by atoms with Crippen LogP contribution in [0.25, 0.3) is 0 Å². The number of thioether (sulfide) groups is 1. The van der Waals surface area contributed by atoms with Gasteiger partial charge in [0.05, 0.1) is 17.9 Å². The van der Waals surface area contributed by atoms with Crippen molar-refractivity contribution in [1.29, 1.82) is 0 Å². The van der Waals surface area contributed by atoms with Crippen molar-refractivity contribution < 1.29 is 14.4 Å². The highest BCUT2D eigenvalue weighted by Gasteiger charge is 2.26. The van der Waals surface area contributed by atoms with E-state index in [9.17, 15) is 14.4 Å². The maximum atomic E-state index is 12.2. The molecule has 3 rings (SSSR count). The van der Waals surface area contributed by atoms with Gasteiger partial charge in [-0.15, -0.1) is 11.8 Å². The zero-order valence-corrected chi connectivity index (χ0v) is 16.9. The lowest BCUT2D eigenvalue weighted by atomic mass is 10.3. The molecule has 1 aliphatic heterocycles. The highest BCUT2D eigenvalue weighted by atomic mass is 32.2. The summed E-state index contributed by atoms with van der Waals surface area (Å²) < 4.78 is 0. The summed E-state index contributed by atoms with van der Waals surface area (Å²) in [6.07, 6.45) is 1.36. The highest BCUT2D eigenvalue weighted by molar-refractivity contribution is 8.00. The van der Waals surface area contributed by atoms with Gasteiger partial charge in [0.1, 0.15) is 5.84 Å². The normalized spacial score (nSPS) is 13.2. The number of carbonyl (C=O) groups is 3. The SMILES string of the molecule is CCCC(=O)Nc1ccc(SCC(=O)NC2=NN(c3ccccc3)C(=O)C2)cc1. The van der Waals surface area contributed by atoms with Crippen LogP contribution in [0, 0.1) is 0 Å². The van der Waals surface area contributed by atoms with E-state index in [1.165, 1.54) is 16.8 Å². The van der Waals surface area contributed by atoms with Gasteiger partial charge in [-0.05, 0) is 42.8 Å². The van der Waals surface area contributed by atoms with Gasteiger partial charge >= 0.3 is 0 Å². The van der Waals surface area contributed by atoms with Crippen molar-refractivity contribution in [1.82, 2.24) is 5.32 Å². The lowest BCUT2D eigenvalue weighted by molar-refractivity contribution is -0.117. The Morgan fingerprint density at radius 1 is 1.03 bits per heavy atom. The molecule has 0 radical (unpaired) electrons. The number of nitrogens with zero attached hydrogens (tertiary/aromatic N) is 2. The molecule has 0 atom stereocenters. The number of anilines is 2. The Labute approximate surface area is 173 Å². The average Bonchev–Trinajstić information content (AvgIpc) is 3.08. The first-order valence-corrected chi connectivity index (χ1v) is 10.3. The topological polar surface area (TPSA) is 90.9 Å². The Bertz CT molecular complexity index is 913. The molecule has 2 aromatic carbocycles. The fourth-order valence-electron chi connectivity index (χ4n) is 2.70. The van der Waals surface area contributed by atoms with Gasteiger partial charge < -0.3 is 10.6 Å². The number of hydrogen-bond donors (Lipinski definition) is 2. The number of benzene rings is 2. The van der Waals surface area contributed by atoms with Crippen molar-refractivity contribution in [3.63, 3.8) is 0 Å². The van der Waals surface area contributed by atoms with Crippen LogP contribution in [0.15, 0.2) is 64.6 Å². The molecule has 0 saturated carbocycles. The van der Waals surface area contributed by atoms with E-state index < -0.39 is 0 Å². The van der Waals surface area contributed by atoms with Crippen molar-refractivity contribution in [2.75, 3.05) is 16.1 Å². The van der Waals surface area contributed by atoms with E-state index >= 15 is 0 Å². The Morgan fingerprint density at radius 2 is 1.76 bits per heavy atom. The van der Waals surface area contributed by atoms with Crippen LogP contribution in [0.1, 0.15) is 26.2 Å². The second-order valence-electron chi connectivity index (χ2n) is 6.42. The number of hydrazone groups is 1. The van der Waals surface area contributed by atoms with Crippen LogP contribution in [0.2, 0.25) is 0 Å². The lowest BCUT2D eigenvalue weighted by Crippen LogP contribution is -2.31. The molecule has 29 heavy (non-hydrogen) atoms. The van der Waals surface area contributed by atoms with Crippen LogP contribution < -0.4 is 15.6 Å². The molecule has 0 aliphatic carbocycles. The number of amides is 3. The molecule has 0 spiro atoms. The third kappa shape index (κ3) is 5.92. The molecule has 0 fully saturated rings. The molecule has 2 aromatic rings. The summed E-state index contributed by atoms with van der Waals surface area (Å²) in [5.41, 5.74) is 1.40. The van der Waals surface area contributed by atoms with Gasteiger partial charge in [-0.2, -0.15) is 10.1 Å². The van der Waals surface area contributed by atoms with E-state index in [1.807, 2.05) is 49.4 Å². The second kappa shape index (κ2) is 9.88. The fourth-order valence-corrected chi connectivity index (χ4v) is 3.40. The molecule has 7 nitrogen and oxygen atoms in total. The number of hydrogen-bond acceptors (Lipinski definition) is 5. The lowest BCUT2D eigenvalue weighted by Gasteiger charge is -2.10. The summed E-state index contributed by atoms with van der Waals surface area (Å²) in [6, 6.07) is 16.4. The van der Waals surface area contributed by atoms with Crippen LogP contribution in [-0.4, -0.2) is 29.3 Å². The molecule has 2 N–H and O–H groups in total. The van der Waals surface area contributed by atoms with Gasteiger partial charge in [0.2, 0.25) is 11.8 Å².